The predicted octanol–water partition coefficient (Wildman–Crippen LogP) is 8.70. The Morgan fingerprint density at radius 2 is 0.717 bits per heavy atom. The van der Waals surface area contributed by atoms with Crippen LogP contribution in [0.5, 0.6) is 0 Å². The zero-order valence-electron chi connectivity index (χ0n) is 26.3. The number of hydrogen-bond acceptors (Lipinski definition) is 4. The van der Waals surface area contributed by atoms with Gasteiger partial charge in [0.1, 0.15) is 0 Å². The molecule has 0 aliphatic rings. The first kappa shape index (κ1) is 38.5. The Morgan fingerprint density at radius 1 is 0.457 bits per heavy atom. The maximum Gasteiger partial charge on any atom is 0.454 e. The van der Waals surface area contributed by atoms with E-state index < -0.39 is 35.0 Å². The van der Waals surface area contributed by atoms with Gasteiger partial charge in [-0.3, -0.25) is 19.2 Å². The van der Waals surface area contributed by atoms with Crippen molar-refractivity contribution in [1.29, 1.82) is 0 Å². The van der Waals surface area contributed by atoms with Crippen molar-refractivity contribution in [3.05, 3.63) is 70.8 Å². The highest BCUT2D eigenvalue weighted by atomic mass is 19.4. The quantitative estimate of drug-likeness (QED) is 0.0862. The zero-order chi connectivity index (χ0) is 34.3. The van der Waals surface area contributed by atoms with Crippen molar-refractivity contribution < 1.29 is 45.5 Å². The molecule has 2 rings (SSSR count). The Morgan fingerprint density at radius 3 is 0.978 bits per heavy atom. The van der Waals surface area contributed by atoms with E-state index in [1.807, 2.05) is 0 Å². The lowest BCUT2D eigenvalue weighted by molar-refractivity contribution is -0.0888. The number of nitrogens with zero attached hydrogens (tertiary/aromatic N) is 2. The van der Waals surface area contributed by atoms with Crippen LogP contribution in [-0.4, -0.2) is 71.7 Å². The molecule has 0 saturated heterocycles. The number of halogens is 6. The van der Waals surface area contributed by atoms with E-state index in [-0.39, 0.29) is 22.9 Å². The Labute approximate surface area is 266 Å². The molecule has 12 heteroatoms. The van der Waals surface area contributed by atoms with Crippen LogP contribution in [0.15, 0.2) is 48.5 Å². The molecule has 0 spiro atoms. The van der Waals surface area contributed by atoms with E-state index in [0.717, 1.165) is 75.6 Å². The number of benzene rings is 2. The molecule has 0 fully saturated rings. The van der Waals surface area contributed by atoms with Crippen LogP contribution < -0.4 is 0 Å². The first-order valence-electron chi connectivity index (χ1n) is 15.7. The van der Waals surface area contributed by atoms with E-state index in [9.17, 15) is 45.5 Å². The van der Waals surface area contributed by atoms with Crippen LogP contribution in [0.25, 0.3) is 0 Å². The van der Waals surface area contributed by atoms with Gasteiger partial charge < -0.3 is 9.80 Å². The van der Waals surface area contributed by atoms with Gasteiger partial charge in [0.05, 0.1) is 0 Å². The summed E-state index contributed by atoms with van der Waals surface area (Å²) in [5.74, 6) is -4.71. The highest BCUT2D eigenvalue weighted by molar-refractivity contribution is 6.02. The number of hydrogen-bond donors (Lipinski definition) is 0. The van der Waals surface area contributed by atoms with Crippen LogP contribution in [0.1, 0.15) is 119 Å². The summed E-state index contributed by atoms with van der Waals surface area (Å²) in [6.07, 6.45) is -1.79. The largest absolute Gasteiger partial charge is 0.454 e. The molecule has 0 N–H and O–H groups in total. The molecule has 0 unspecified atom stereocenters. The first-order valence-corrected chi connectivity index (χ1v) is 15.7. The van der Waals surface area contributed by atoms with E-state index in [1.165, 1.54) is 24.3 Å². The van der Waals surface area contributed by atoms with Gasteiger partial charge in [0, 0.05) is 48.4 Å². The minimum Gasteiger partial charge on any atom is -0.339 e. The van der Waals surface area contributed by atoms with Gasteiger partial charge in [0.15, 0.2) is 0 Å². The molecule has 6 nitrogen and oxygen atoms in total. The van der Waals surface area contributed by atoms with Gasteiger partial charge in [0.25, 0.3) is 23.4 Å². The van der Waals surface area contributed by atoms with Crippen LogP contribution in [0, 0.1) is 0 Å². The third-order valence-corrected chi connectivity index (χ3v) is 7.55. The molecule has 0 aliphatic heterocycles. The summed E-state index contributed by atoms with van der Waals surface area (Å²) in [5, 5.41) is 0. The number of alkyl halides is 6. The van der Waals surface area contributed by atoms with Crippen molar-refractivity contribution in [2.45, 2.75) is 90.4 Å². The van der Waals surface area contributed by atoms with Crippen molar-refractivity contribution in [3.63, 3.8) is 0 Å². The SMILES string of the molecule is CCCCCCN(CCCCN(CCCCCC)C(=O)c1ccc(C(=O)C(F)(F)F)cc1)C(=O)c1ccc(C(=O)C(F)(F)F)cc1. The Bertz CT molecular complexity index is 1180. The summed E-state index contributed by atoms with van der Waals surface area (Å²) in [5.41, 5.74) is -0.781. The minimum atomic E-state index is -5.02. The van der Waals surface area contributed by atoms with Crippen molar-refractivity contribution in [3.8, 4) is 0 Å². The Balaban J connectivity index is 2.10. The monoisotopic (exact) mass is 656 g/mol. The van der Waals surface area contributed by atoms with Crippen molar-refractivity contribution in [2.24, 2.45) is 0 Å². The summed E-state index contributed by atoms with van der Waals surface area (Å²) in [4.78, 5) is 52.9. The van der Waals surface area contributed by atoms with Gasteiger partial charge in [-0.25, -0.2) is 0 Å². The topological polar surface area (TPSA) is 74.8 Å². The van der Waals surface area contributed by atoms with Gasteiger partial charge in [-0.15, -0.1) is 0 Å². The van der Waals surface area contributed by atoms with Crippen LogP contribution in [-0.2, 0) is 0 Å². The van der Waals surface area contributed by atoms with E-state index in [2.05, 4.69) is 13.8 Å². The molecule has 254 valence electrons. The molecule has 2 amide bonds. The smallest absolute Gasteiger partial charge is 0.339 e. The molecule has 2 aromatic rings. The predicted molar refractivity (Wildman–Crippen MR) is 163 cm³/mol. The third-order valence-electron chi connectivity index (χ3n) is 7.55. The fraction of sp³-hybridized carbons (Fsp3) is 0.529. The lowest BCUT2D eigenvalue weighted by Crippen LogP contribution is -2.35. The van der Waals surface area contributed by atoms with Crippen LogP contribution >= 0.6 is 0 Å². The summed E-state index contributed by atoms with van der Waals surface area (Å²) in [6.45, 7) is 5.65. The van der Waals surface area contributed by atoms with Crippen LogP contribution in [0.2, 0.25) is 0 Å². The normalized spacial score (nSPS) is 11.7. The molecule has 0 atom stereocenters. The number of Topliss-reactive ketones (excluding diaryl/α,β-unsaturated/α-hetero) is 2. The van der Waals surface area contributed by atoms with E-state index in [0.29, 0.717) is 39.0 Å². The molecular formula is C34H42F6N2O4. The summed E-state index contributed by atoms with van der Waals surface area (Å²) >= 11 is 0. The number of unbranched alkanes of at least 4 members (excludes halogenated alkanes) is 7. The number of ketones is 2. The standard InChI is InChI=1S/C34H42F6N2O4/c1-3-5-7-9-21-41(31(45)27-17-13-25(14-18-27)29(43)33(35,36)37)23-11-12-24-42(22-10-8-6-4-2)32(46)28-19-15-26(16-20-28)30(44)34(38,39)40/h13-20H,3-12,21-24H2,1-2H3. The minimum absolute atomic E-state index is 0.161. The maximum atomic E-state index is 13.3. The van der Waals surface area contributed by atoms with Gasteiger partial charge in [-0.05, 0) is 49.9 Å². The highest BCUT2D eigenvalue weighted by Gasteiger charge is 2.40. The lowest BCUT2D eigenvalue weighted by Gasteiger charge is -2.25. The molecule has 0 bridgehead atoms. The van der Waals surface area contributed by atoms with E-state index in [1.54, 1.807) is 9.80 Å². The zero-order valence-corrected chi connectivity index (χ0v) is 26.3. The maximum absolute atomic E-state index is 13.3. The van der Waals surface area contributed by atoms with Gasteiger partial charge in [-0.1, -0.05) is 76.6 Å². The average Bonchev–Trinajstić information content (AvgIpc) is 3.02. The summed E-state index contributed by atoms with van der Waals surface area (Å²) < 4.78 is 76.7. The van der Waals surface area contributed by atoms with Gasteiger partial charge in [-0.2, -0.15) is 26.3 Å². The molecule has 0 aromatic heterocycles. The second kappa shape index (κ2) is 18.4. The fourth-order valence-electron chi connectivity index (χ4n) is 4.91. The van der Waals surface area contributed by atoms with Crippen molar-refractivity contribution in [1.82, 2.24) is 9.80 Å². The van der Waals surface area contributed by atoms with Gasteiger partial charge >= 0.3 is 12.4 Å². The molecular weight excluding hydrogens is 614 g/mol. The Hall–Kier alpha value is -3.70. The van der Waals surface area contributed by atoms with Crippen molar-refractivity contribution in [2.75, 3.05) is 26.2 Å². The van der Waals surface area contributed by atoms with Crippen LogP contribution in [0.4, 0.5) is 26.3 Å². The molecule has 2 aromatic carbocycles. The molecule has 0 aliphatic carbocycles. The van der Waals surface area contributed by atoms with Gasteiger partial charge in [0.2, 0.25) is 0 Å². The number of carbonyl (C=O) groups is 4. The number of amides is 2. The summed E-state index contributed by atoms with van der Waals surface area (Å²) in [7, 11) is 0. The third kappa shape index (κ3) is 12.2. The first-order chi connectivity index (χ1) is 21.7. The Kier molecular flexibility index (Phi) is 15.4. The lowest BCUT2D eigenvalue weighted by atomic mass is 10.1. The van der Waals surface area contributed by atoms with Crippen LogP contribution in [0.3, 0.4) is 0 Å². The second-order valence-electron chi connectivity index (χ2n) is 11.2. The highest BCUT2D eigenvalue weighted by Crippen LogP contribution is 2.23. The van der Waals surface area contributed by atoms with E-state index >= 15 is 0 Å². The van der Waals surface area contributed by atoms with E-state index in [4.69, 9.17) is 0 Å². The molecule has 0 radical (unpaired) electrons. The molecule has 0 saturated carbocycles. The second-order valence-corrected chi connectivity index (χ2v) is 11.2. The molecule has 0 heterocycles. The fourth-order valence-corrected chi connectivity index (χ4v) is 4.91. The summed E-state index contributed by atoms with van der Waals surface area (Å²) in [6, 6.07) is 8.82. The number of rotatable bonds is 19. The molecule has 46 heavy (non-hydrogen) atoms. The van der Waals surface area contributed by atoms with Crippen molar-refractivity contribution >= 4 is 23.4 Å². The average molecular weight is 657 g/mol. The number of carbonyl (C=O) groups excluding carboxylic acids is 4.